The molecule has 48 heavy (non-hydrogen) atoms. The van der Waals surface area contributed by atoms with Gasteiger partial charge in [-0.3, -0.25) is 4.79 Å². The Labute approximate surface area is 281 Å². The summed E-state index contributed by atoms with van der Waals surface area (Å²) in [6.45, 7) is 3.62. The highest BCUT2D eigenvalue weighted by Crippen LogP contribution is 2.25. The lowest BCUT2D eigenvalue weighted by Gasteiger charge is -2.39. The fourth-order valence-electron chi connectivity index (χ4n) is 5.80. The second-order valence-corrected chi connectivity index (χ2v) is 12.7. The van der Waals surface area contributed by atoms with Gasteiger partial charge in [-0.05, 0) is 43.2 Å². The Kier molecular flexibility index (Phi) is 14.6. The van der Waals surface area contributed by atoms with E-state index >= 15 is 0 Å². The van der Waals surface area contributed by atoms with Gasteiger partial charge in [0, 0.05) is 82.9 Å². The zero-order valence-corrected chi connectivity index (χ0v) is 27.7. The number of rotatable bonds is 19. The van der Waals surface area contributed by atoms with Gasteiger partial charge in [-0.15, -0.1) is 0 Å². The highest BCUT2D eigenvalue weighted by Gasteiger charge is 2.31. The van der Waals surface area contributed by atoms with E-state index in [0.29, 0.717) is 63.2 Å². The molecule has 1 aromatic carbocycles. The van der Waals surface area contributed by atoms with Crippen LogP contribution in [0, 0.1) is 17.7 Å². The molecule has 15 heteroatoms. The number of halogens is 1. The molecule has 0 spiro atoms. The van der Waals surface area contributed by atoms with E-state index in [1.165, 1.54) is 6.07 Å². The van der Waals surface area contributed by atoms with Crippen molar-refractivity contribution in [1.82, 2.24) is 30.8 Å². The number of piperidine rings is 1. The Balaban J connectivity index is 1.05. The van der Waals surface area contributed by atoms with Crippen molar-refractivity contribution in [1.29, 1.82) is 0 Å². The maximum atomic E-state index is 14.8. The number of nitrogens with one attached hydrogen (secondary N) is 3. The quantitative estimate of drug-likeness (QED) is 0.114. The van der Waals surface area contributed by atoms with Crippen LogP contribution in [-0.4, -0.2) is 127 Å². The summed E-state index contributed by atoms with van der Waals surface area (Å²) in [4.78, 5) is 37.5. The van der Waals surface area contributed by atoms with Gasteiger partial charge in [0.05, 0.1) is 39.5 Å². The van der Waals surface area contributed by atoms with Gasteiger partial charge in [0.2, 0.25) is 11.9 Å². The molecule has 14 nitrogen and oxygen atoms in total. The Bertz CT molecular complexity index is 1280. The third-order valence-electron chi connectivity index (χ3n) is 8.91. The molecule has 266 valence electrons. The third-order valence-corrected chi connectivity index (χ3v) is 8.91. The number of nitrogens with zero attached hydrogens (tertiary/aromatic N) is 4. The van der Waals surface area contributed by atoms with Gasteiger partial charge in [-0.25, -0.2) is 19.2 Å². The molecular formula is C33H50FN7O7. The van der Waals surface area contributed by atoms with Crippen molar-refractivity contribution in [3.63, 3.8) is 0 Å². The minimum atomic E-state index is -1.48. The van der Waals surface area contributed by atoms with Crippen LogP contribution in [0.3, 0.4) is 0 Å². The number of aromatic nitrogens is 2. The third kappa shape index (κ3) is 11.0. The lowest BCUT2D eigenvalue weighted by atomic mass is 9.92. The van der Waals surface area contributed by atoms with E-state index in [2.05, 4.69) is 30.8 Å². The SMILES string of the molecule is COCc1cnc(N2CCC(CCCOc3ccc(CC(=O)N4CC(CNCCNC(=O)NC(CO)(CO)CO)C4)c(F)c3)CC2)nc1. The van der Waals surface area contributed by atoms with Crippen LogP contribution in [0.2, 0.25) is 0 Å². The number of carbonyl (C=O) groups excluding carboxylic acids is 2. The Morgan fingerprint density at radius 3 is 2.40 bits per heavy atom. The zero-order chi connectivity index (χ0) is 34.4. The maximum absolute atomic E-state index is 14.8. The standard InChI is InChI=1S/C33H50FN7O7/c1-47-20-25-16-37-31(38-17-25)40-10-6-24(7-11-40)3-2-12-48-28-5-4-27(29(34)14-28)13-30(45)41-18-26(19-41)15-35-8-9-36-32(46)39-33(21-42,22-43)23-44/h4-5,14,16-17,24,26,35,42-44H,2-3,6-13,15,18-23H2,1H3,(H2,36,39,46). The van der Waals surface area contributed by atoms with E-state index in [1.807, 2.05) is 12.4 Å². The summed E-state index contributed by atoms with van der Waals surface area (Å²) in [7, 11) is 1.65. The average molecular weight is 676 g/mol. The normalized spacial score (nSPS) is 15.7. The molecule has 2 aliphatic heterocycles. The van der Waals surface area contributed by atoms with Gasteiger partial charge in [-0.2, -0.15) is 0 Å². The molecule has 0 aliphatic carbocycles. The second kappa shape index (κ2) is 18.8. The number of anilines is 1. The number of methoxy groups -OCH3 is 1. The van der Waals surface area contributed by atoms with Crippen molar-refractivity contribution < 1.29 is 38.8 Å². The van der Waals surface area contributed by atoms with Crippen LogP contribution in [0.5, 0.6) is 5.75 Å². The number of carbonyl (C=O) groups is 2. The van der Waals surface area contributed by atoms with Crippen LogP contribution in [0.1, 0.15) is 36.8 Å². The molecular weight excluding hydrogens is 625 g/mol. The minimum Gasteiger partial charge on any atom is -0.493 e. The van der Waals surface area contributed by atoms with Crippen molar-refractivity contribution in [2.75, 3.05) is 84.3 Å². The predicted molar refractivity (Wildman–Crippen MR) is 176 cm³/mol. The molecule has 0 unspecified atom stereocenters. The number of aliphatic hydroxyl groups is 3. The summed E-state index contributed by atoms with van der Waals surface area (Å²) in [5, 5.41) is 36.0. The summed E-state index contributed by atoms with van der Waals surface area (Å²) >= 11 is 0. The summed E-state index contributed by atoms with van der Waals surface area (Å²) in [6, 6.07) is 4.08. The molecule has 2 fully saturated rings. The lowest BCUT2D eigenvalue weighted by Crippen LogP contribution is -2.59. The summed E-state index contributed by atoms with van der Waals surface area (Å²) < 4.78 is 25.7. The molecule has 4 rings (SSSR count). The van der Waals surface area contributed by atoms with Crippen molar-refractivity contribution in [2.45, 2.75) is 44.2 Å². The van der Waals surface area contributed by atoms with Gasteiger partial charge in [0.1, 0.15) is 17.1 Å². The number of aliphatic hydroxyl groups excluding tert-OH is 3. The number of urea groups is 1. The number of hydrogen-bond donors (Lipinski definition) is 6. The molecule has 6 N–H and O–H groups in total. The van der Waals surface area contributed by atoms with Crippen LogP contribution in [0.15, 0.2) is 30.6 Å². The molecule has 3 heterocycles. The van der Waals surface area contributed by atoms with Crippen molar-refractivity contribution >= 4 is 17.9 Å². The van der Waals surface area contributed by atoms with E-state index < -0.39 is 37.2 Å². The van der Waals surface area contributed by atoms with Crippen LogP contribution < -0.4 is 25.6 Å². The van der Waals surface area contributed by atoms with Crippen LogP contribution in [0.25, 0.3) is 0 Å². The van der Waals surface area contributed by atoms with Gasteiger partial charge in [-0.1, -0.05) is 6.07 Å². The molecule has 2 aliphatic rings. The van der Waals surface area contributed by atoms with E-state index in [0.717, 1.165) is 50.3 Å². The average Bonchev–Trinajstić information content (AvgIpc) is 3.08. The van der Waals surface area contributed by atoms with E-state index in [-0.39, 0.29) is 18.2 Å². The largest absolute Gasteiger partial charge is 0.493 e. The molecule has 2 aromatic rings. The molecule has 3 amide bonds. The predicted octanol–water partition coefficient (Wildman–Crippen LogP) is 0.443. The minimum absolute atomic E-state index is 0.0106. The van der Waals surface area contributed by atoms with Crippen LogP contribution in [-0.2, 0) is 22.6 Å². The first-order valence-electron chi connectivity index (χ1n) is 16.6. The Morgan fingerprint density at radius 1 is 1.04 bits per heavy atom. The zero-order valence-electron chi connectivity index (χ0n) is 27.7. The number of hydrogen-bond acceptors (Lipinski definition) is 11. The Hall–Kier alpha value is -3.63. The van der Waals surface area contributed by atoms with Crippen molar-refractivity contribution in [3.05, 3.63) is 47.5 Å². The maximum Gasteiger partial charge on any atom is 0.315 e. The smallest absolute Gasteiger partial charge is 0.315 e. The topological polar surface area (TPSA) is 182 Å². The number of amides is 3. The Morgan fingerprint density at radius 2 is 1.75 bits per heavy atom. The van der Waals surface area contributed by atoms with Gasteiger partial charge in [0.25, 0.3) is 0 Å². The first kappa shape index (κ1) is 37.2. The number of ether oxygens (including phenoxy) is 2. The number of likely N-dealkylation sites (tertiary alicyclic amines) is 1. The lowest BCUT2D eigenvalue weighted by molar-refractivity contribution is -0.136. The first-order chi connectivity index (χ1) is 23.3. The molecule has 1 aromatic heterocycles. The van der Waals surface area contributed by atoms with Crippen LogP contribution in [0.4, 0.5) is 15.1 Å². The first-order valence-corrected chi connectivity index (χ1v) is 16.6. The fourth-order valence-corrected chi connectivity index (χ4v) is 5.80. The second-order valence-electron chi connectivity index (χ2n) is 12.7. The summed E-state index contributed by atoms with van der Waals surface area (Å²) in [5.41, 5.74) is -0.180. The van der Waals surface area contributed by atoms with E-state index in [9.17, 15) is 29.3 Å². The molecule has 0 atom stereocenters. The fraction of sp³-hybridized carbons (Fsp3) is 0.636. The van der Waals surface area contributed by atoms with Gasteiger partial charge < -0.3 is 50.5 Å². The molecule has 0 radical (unpaired) electrons. The van der Waals surface area contributed by atoms with Crippen LogP contribution >= 0.6 is 0 Å². The molecule has 0 saturated carbocycles. The molecule has 0 bridgehead atoms. The van der Waals surface area contributed by atoms with Crippen molar-refractivity contribution in [3.8, 4) is 5.75 Å². The van der Waals surface area contributed by atoms with Crippen molar-refractivity contribution in [2.24, 2.45) is 11.8 Å². The highest BCUT2D eigenvalue weighted by molar-refractivity contribution is 5.79. The number of benzene rings is 1. The molecule has 2 saturated heterocycles. The highest BCUT2D eigenvalue weighted by atomic mass is 19.1. The van der Waals surface area contributed by atoms with E-state index in [4.69, 9.17) is 9.47 Å². The van der Waals surface area contributed by atoms with Gasteiger partial charge >= 0.3 is 6.03 Å². The van der Waals surface area contributed by atoms with E-state index in [1.54, 1.807) is 24.1 Å². The summed E-state index contributed by atoms with van der Waals surface area (Å²) in [6.07, 6.45) is 7.67. The summed E-state index contributed by atoms with van der Waals surface area (Å²) in [5.74, 6) is 1.51. The monoisotopic (exact) mass is 675 g/mol. The van der Waals surface area contributed by atoms with Gasteiger partial charge in [0.15, 0.2) is 0 Å².